The number of nitrogens with one attached hydrogen (secondary N) is 2. The van der Waals surface area contributed by atoms with Crippen LogP contribution in [0.2, 0.25) is 5.02 Å². The zero-order valence-electron chi connectivity index (χ0n) is 18.3. The first kappa shape index (κ1) is 23.0. The molecule has 0 aliphatic carbocycles. The zero-order chi connectivity index (χ0) is 23.5. The van der Waals surface area contributed by atoms with Gasteiger partial charge in [-0.2, -0.15) is 0 Å². The van der Waals surface area contributed by atoms with Crippen LogP contribution in [0.4, 0.5) is 11.4 Å². The number of halogens is 1. The van der Waals surface area contributed by atoms with Gasteiger partial charge in [-0.3, -0.25) is 9.59 Å². The number of rotatable bonds is 8. The summed E-state index contributed by atoms with van der Waals surface area (Å²) in [5, 5.41) is 15.9. The smallest absolute Gasteiger partial charge is 0.303 e. The van der Waals surface area contributed by atoms with Crippen LogP contribution in [0.15, 0.2) is 54.6 Å². The Hall–Kier alpha value is -3.13. The van der Waals surface area contributed by atoms with Gasteiger partial charge in [0.15, 0.2) is 0 Å². The number of aryl methyl sites for hydroxylation is 1. The number of carboxylic acids is 1. The number of fused-ring (bicyclic) bond motifs is 1. The predicted octanol–water partition coefficient (Wildman–Crippen LogP) is 5.41. The van der Waals surface area contributed by atoms with E-state index in [2.05, 4.69) is 27.7 Å². The summed E-state index contributed by atoms with van der Waals surface area (Å²) in [6.45, 7) is 0.836. The van der Waals surface area contributed by atoms with Gasteiger partial charge in [0.25, 0.3) is 5.91 Å². The van der Waals surface area contributed by atoms with Crippen molar-refractivity contribution in [2.24, 2.45) is 0 Å². The third-order valence-corrected chi connectivity index (χ3v) is 6.59. The molecule has 0 unspecified atom stereocenters. The quantitative estimate of drug-likeness (QED) is 0.374. The van der Waals surface area contributed by atoms with Gasteiger partial charge in [-0.25, -0.2) is 0 Å². The van der Waals surface area contributed by atoms with E-state index in [1.807, 2.05) is 44.4 Å². The largest absolute Gasteiger partial charge is 0.481 e. The average Bonchev–Trinajstić information content (AvgIpc) is 3.35. The van der Waals surface area contributed by atoms with E-state index >= 15 is 0 Å². The van der Waals surface area contributed by atoms with Gasteiger partial charge in [-0.05, 0) is 62.5 Å². The van der Waals surface area contributed by atoms with Crippen molar-refractivity contribution in [1.82, 2.24) is 4.90 Å². The van der Waals surface area contributed by atoms with E-state index in [9.17, 15) is 9.59 Å². The SMILES string of the molecule is CN(C)Cc1ccc(NC(=C2C(=O)Nc3cc(Cl)ccc32)c2ccc(CCC(=O)O)s2)cc1. The van der Waals surface area contributed by atoms with Crippen LogP contribution in [0.25, 0.3) is 11.3 Å². The van der Waals surface area contributed by atoms with Crippen LogP contribution >= 0.6 is 22.9 Å². The van der Waals surface area contributed by atoms with Gasteiger partial charge in [0, 0.05) is 27.7 Å². The monoisotopic (exact) mass is 481 g/mol. The van der Waals surface area contributed by atoms with Crippen LogP contribution in [0.5, 0.6) is 0 Å². The maximum absolute atomic E-state index is 13.0. The van der Waals surface area contributed by atoms with Crippen molar-refractivity contribution in [3.05, 3.63) is 80.5 Å². The standard InChI is InChI=1S/C25H24ClN3O3S/c1-29(2)14-15-3-6-17(7-4-15)27-24(21-11-8-18(33-21)9-12-22(30)31)23-19-10-5-16(26)13-20(19)28-25(23)32/h3-8,10-11,13,27H,9,12,14H2,1-2H3,(H,28,32)(H,30,31). The third-order valence-electron chi connectivity index (χ3n) is 5.19. The van der Waals surface area contributed by atoms with Crippen molar-refractivity contribution in [3.63, 3.8) is 0 Å². The van der Waals surface area contributed by atoms with Crippen molar-refractivity contribution in [1.29, 1.82) is 0 Å². The Balaban J connectivity index is 1.75. The topological polar surface area (TPSA) is 81.7 Å². The second-order valence-corrected chi connectivity index (χ2v) is 9.72. The summed E-state index contributed by atoms with van der Waals surface area (Å²) in [6.07, 6.45) is 0.509. The predicted molar refractivity (Wildman–Crippen MR) is 135 cm³/mol. The molecule has 2 aromatic carbocycles. The van der Waals surface area contributed by atoms with E-state index in [0.717, 1.165) is 27.5 Å². The number of carbonyl (C=O) groups excluding carboxylic acids is 1. The van der Waals surface area contributed by atoms with E-state index in [-0.39, 0.29) is 12.3 Å². The Kier molecular flexibility index (Phi) is 6.83. The molecule has 0 saturated heterocycles. The lowest BCUT2D eigenvalue weighted by Crippen LogP contribution is -2.11. The molecular weight excluding hydrogens is 458 g/mol. The molecule has 1 amide bonds. The number of hydrogen-bond acceptors (Lipinski definition) is 5. The van der Waals surface area contributed by atoms with Gasteiger partial charge < -0.3 is 20.6 Å². The van der Waals surface area contributed by atoms with Crippen LogP contribution < -0.4 is 10.6 Å². The number of hydrogen-bond donors (Lipinski definition) is 3. The average molecular weight is 482 g/mol. The number of aliphatic carboxylic acids is 1. The molecule has 0 bridgehead atoms. The molecule has 0 spiro atoms. The van der Waals surface area contributed by atoms with Gasteiger partial charge in [-0.1, -0.05) is 29.8 Å². The Labute approximate surface area is 201 Å². The highest BCUT2D eigenvalue weighted by Gasteiger charge is 2.29. The van der Waals surface area contributed by atoms with Crippen molar-refractivity contribution >= 4 is 57.5 Å². The molecule has 33 heavy (non-hydrogen) atoms. The van der Waals surface area contributed by atoms with Crippen LogP contribution in [0.1, 0.15) is 27.3 Å². The molecular formula is C25H24ClN3O3S. The summed E-state index contributed by atoms with van der Waals surface area (Å²) in [7, 11) is 4.05. The van der Waals surface area contributed by atoms with Gasteiger partial charge in [0.2, 0.25) is 0 Å². The fraction of sp³-hybridized carbons (Fsp3) is 0.200. The number of thiophene rings is 1. The highest BCUT2D eigenvalue weighted by Crippen LogP contribution is 2.40. The molecule has 6 nitrogen and oxygen atoms in total. The lowest BCUT2D eigenvalue weighted by Gasteiger charge is -2.14. The maximum Gasteiger partial charge on any atom is 0.303 e. The minimum absolute atomic E-state index is 0.0639. The van der Waals surface area contributed by atoms with Crippen LogP contribution in [0, 0.1) is 0 Å². The highest BCUT2D eigenvalue weighted by molar-refractivity contribution is 7.13. The molecule has 1 aliphatic rings. The van der Waals surface area contributed by atoms with Gasteiger partial charge in [0.1, 0.15) is 0 Å². The number of nitrogens with zero attached hydrogens (tertiary/aromatic N) is 1. The van der Waals surface area contributed by atoms with E-state index in [1.54, 1.807) is 12.1 Å². The Morgan fingerprint density at radius 3 is 2.58 bits per heavy atom. The molecule has 3 N–H and O–H groups in total. The molecule has 0 fully saturated rings. The molecule has 0 radical (unpaired) electrons. The zero-order valence-corrected chi connectivity index (χ0v) is 19.9. The van der Waals surface area contributed by atoms with E-state index in [4.69, 9.17) is 16.7 Å². The van der Waals surface area contributed by atoms with Gasteiger partial charge in [0.05, 0.1) is 28.3 Å². The Morgan fingerprint density at radius 2 is 1.88 bits per heavy atom. The molecule has 0 atom stereocenters. The minimum Gasteiger partial charge on any atom is -0.481 e. The minimum atomic E-state index is -0.833. The van der Waals surface area contributed by atoms with E-state index < -0.39 is 5.97 Å². The first-order valence-corrected chi connectivity index (χ1v) is 11.7. The molecule has 170 valence electrons. The summed E-state index contributed by atoms with van der Waals surface area (Å²) in [5.74, 6) is -1.04. The molecule has 2 heterocycles. The molecule has 1 aliphatic heterocycles. The fourth-order valence-corrected chi connectivity index (χ4v) is 4.91. The molecule has 1 aromatic heterocycles. The maximum atomic E-state index is 13.0. The van der Waals surface area contributed by atoms with Crippen LogP contribution in [-0.4, -0.2) is 36.0 Å². The molecule has 3 aromatic rings. The summed E-state index contributed by atoms with van der Waals surface area (Å²) in [5.41, 5.74) is 4.70. The van der Waals surface area contributed by atoms with E-state index in [1.165, 1.54) is 16.9 Å². The fourth-order valence-electron chi connectivity index (χ4n) is 3.72. The molecule has 0 saturated carbocycles. The highest BCUT2D eigenvalue weighted by atomic mass is 35.5. The Morgan fingerprint density at radius 1 is 1.12 bits per heavy atom. The second-order valence-electron chi connectivity index (χ2n) is 8.11. The number of anilines is 2. The summed E-state index contributed by atoms with van der Waals surface area (Å²) < 4.78 is 0. The van der Waals surface area contributed by atoms with Crippen molar-refractivity contribution in [2.75, 3.05) is 24.7 Å². The molecule has 8 heteroatoms. The first-order chi connectivity index (χ1) is 15.8. The van der Waals surface area contributed by atoms with Crippen LogP contribution in [-0.2, 0) is 22.6 Å². The van der Waals surface area contributed by atoms with Crippen molar-refractivity contribution in [2.45, 2.75) is 19.4 Å². The number of carbonyl (C=O) groups is 2. The normalized spacial score (nSPS) is 14.2. The second kappa shape index (κ2) is 9.79. The van der Waals surface area contributed by atoms with E-state index in [0.29, 0.717) is 28.4 Å². The summed E-state index contributed by atoms with van der Waals surface area (Å²) in [6, 6.07) is 17.3. The van der Waals surface area contributed by atoms with Crippen LogP contribution in [0.3, 0.4) is 0 Å². The Bertz CT molecular complexity index is 1230. The van der Waals surface area contributed by atoms with Gasteiger partial charge in [-0.15, -0.1) is 11.3 Å². The number of benzene rings is 2. The lowest BCUT2D eigenvalue weighted by atomic mass is 10.0. The van der Waals surface area contributed by atoms with Crippen molar-refractivity contribution in [3.8, 4) is 0 Å². The first-order valence-electron chi connectivity index (χ1n) is 10.5. The lowest BCUT2D eigenvalue weighted by molar-refractivity contribution is -0.136. The summed E-state index contributed by atoms with van der Waals surface area (Å²) in [4.78, 5) is 27.9. The molecule has 4 rings (SSSR count). The number of carboxylic acid groups (broad SMARTS) is 1. The summed E-state index contributed by atoms with van der Waals surface area (Å²) >= 11 is 7.61. The van der Waals surface area contributed by atoms with Crippen molar-refractivity contribution < 1.29 is 14.7 Å². The number of amides is 1. The third kappa shape index (κ3) is 5.45. The van der Waals surface area contributed by atoms with Gasteiger partial charge >= 0.3 is 5.97 Å².